The molecule has 0 fully saturated rings. The maximum absolute atomic E-state index is 12.4. The number of carbonyl (C=O) groups excluding carboxylic acids is 2. The molecule has 0 saturated carbocycles. The second-order valence-electron chi connectivity index (χ2n) is 5.22. The van der Waals surface area contributed by atoms with Gasteiger partial charge >= 0.3 is 0 Å². The number of carbonyl (C=O) groups is 2. The molecule has 114 valence electrons. The zero-order valence-corrected chi connectivity index (χ0v) is 13.2. The van der Waals surface area contributed by atoms with E-state index in [-0.39, 0.29) is 11.7 Å². The normalized spacial score (nSPS) is 10.2. The third-order valence-corrected chi connectivity index (χ3v) is 3.61. The van der Waals surface area contributed by atoms with Crippen LogP contribution in [0.5, 0.6) is 5.75 Å². The first kappa shape index (κ1) is 15.8. The Hall–Kier alpha value is -2.62. The summed E-state index contributed by atoms with van der Waals surface area (Å²) in [7, 11) is 1.54. The molecular formula is C18H19NO3. The first-order chi connectivity index (χ1) is 10.4. The minimum atomic E-state index is -0.240. The number of hydrogen-bond donors (Lipinski definition) is 1. The van der Waals surface area contributed by atoms with E-state index in [9.17, 15) is 9.59 Å². The maximum Gasteiger partial charge on any atom is 0.259 e. The lowest BCUT2D eigenvalue weighted by molar-refractivity contribution is 0.101. The van der Waals surface area contributed by atoms with Crippen LogP contribution in [-0.4, -0.2) is 18.8 Å². The van der Waals surface area contributed by atoms with Gasteiger partial charge in [0.15, 0.2) is 5.78 Å². The summed E-state index contributed by atoms with van der Waals surface area (Å²) in [5, 5.41) is 2.82. The maximum atomic E-state index is 12.4. The second-order valence-corrected chi connectivity index (χ2v) is 5.22. The van der Waals surface area contributed by atoms with Crippen molar-refractivity contribution in [2.75, 3.05) is 12.4 Å². The van der Waals surface area contributed by atoms with Gasteiger partial charge in [0.2, 0.25) is 0 Å². The summed E-state index contributed by atoms with van der Waals surface area (Å²) in [5.74, 6) is 0.296. The first-order valence-electron chi connectivity index (χ1n) is 7.00. The number of Topliss-reactive ketones (excluding diaryl/α,β-unsaturated/α-hetero) is 1. The number of hydrogen-bond acceptors (Lipinski definition) is 3. The van der Waals surface area contributed by atoms with Crippen molar-refractivity contribution in [3.8, 4) is 5.75 Å². The third-order valence-electron chi connectivity index (χ3n) is 3.61. The zero-order chi connectivity index (χ0) is 16.3. The highest BCUT2D eigenvalue weighted by Gasteiger charge is 2.14. The number of ketones is 1. The molecule has 22 heavy (non-hydrogen) atoms. The topological polar surface area (TPSA) is 55.4 Å². The number of benzene rings is 2. The van der Waals surface area contributed by atoms with Gasteiger partial charge in [-0.2, -0.15) is 0 Å². The summed E-state index contributed by atoms with van der Waals surface area (Å²) >= 11 is 0. The van der Waals surface area contributed by atoms with Gasteiger partial charge in [0.25, 0.3) is 5.91 Å². The predicted octanol–water partition coefficient (Wildman–Crippen LogP) is 3.77. The molecule has 0 bridgehead atoms. The van der Waals surface area contributed by atoms with Crippen molar-refractivity contribution in [2.45, 2.75) is 20.8 Å². The first-order valence-corrected chi connectivity index (χ1v) is 7.00. The van der Waals surface area contributed by atoms with E-state index in [1.807, 2.05) is 26.0 Å². The van der Waals surface area contributed by atoms with E-state index in [2.05, 4.69) is 5.32 Å². The van der Waals surface area contributed by atoms with E-state index in [1.165, 1.54) is 6.92 Å². The van der Waals surface area contributed by atoms with Crippen molar-refractivity contribution < 1.29 is 14.3 Å². The van der Waals surface area contributed by atoms with Crippen LogP contribution in [0.1, 0.15) is 38.8 Å². The minimum Gasteiger partial charge on any atom is -0.496 e. The van der Waals surface area contributed by atoms with E-state index in [1.54, 1.807) is 31.4 Å². The summed E-state index contributed by atoms with van der Waals surface area (Å²) in [6.45, 7) is 5.43. The lowest BCUT2D eigenvalue weighted by atomic mass is 10.0. The highest BCUT2D eigenvalue weighted by atomic mass is 16.5. The van der Waals surface area contributed by atoms with Crippen LogP contribution in [0.15, 0.2) is 36.4 Å². The molecule has 0 spiro atoms. The fraction of sp³-hybridized carbons (Fsp3) is 0.222. The zero-order valence-electron chi connectivity index (χ0n) is 13.2. The quantitative estimate of drug-likeness (QED) is 0.874. The molecule has 1 N–H and O–H groups in total. The van der Waals surface area contributed by atoms with Crippen LogP contribution in [0.25, 0.3) is 0 Å². The lowest BCUT2D eigenvalue weighted by Crippen LogP contribution is -2.14. The summed E-state index contributed by atoms with van der Waals surface area (Å²) in [6, 6.07) is 10.5. The van der Waals surface area contributed by atoms with Crippen LogP contribution in [0.3, 0.4) is 0 Å². The van der Waals surface area contributed by atoms with Gasteiger partial charge in [-0.05, 0) is 68.3 Å². The van der Waals surface area contributed by atoms with Gasteiger partial charge in [-0.25, -0.2) is 0 Å². The Morgan fingerprint density at radius 2 is 1.59 bits per heavy atom. The van der Waals surface area contributed by atoms with Crippen molar-refractivity contribution in [1.29, 1.82) is 0 Å². The van der Waals surface area contributed by atoms with Gasteiger partial charge in [-0.15, -0.1) is 0 Å². The fourth-order valence-corrected chi connectivity index (χ4v) is 2.12. The summed E-state index contributed by atoms with van der Waals surface area (Å²) < 4.78 is 5.29. The Labute approximate surface area is 130 Å². The average molecular weight is 297 g/mol. The smallest absolute Gasteiger partial charge is 0.259 e. The molecule has 0 aliphatic rings. The van der Waals surface area contributed by atoms with Gasteiger partial charge in [-0.1, -0.05) is 0 Å². The van der Waals surface area contributed by atoms with Gasteiger partial charge < -0.3 is 10.1 Å². The lowest BCUT2D eigenvalue weighted by Gasteiger charge is -2.12. The number of methoxy groups -OCH3 is 1. The van der Waals surface area contributed by atoms with E-state index in [4.69, 9.17) is 4.74 Å². The van der Waals surface area contributed by atoms with Crippen LogP contribution < -0.4 is 10.1 Å². The Bertz CT molecular complexity index is 718. The predicted molar refractivity (Wildman–Crippen MR) is 86.9 cm³/mol. The van der Waals surface area contributed by atoms with Gasteiger partial charge in [0.05, 0.1) is 12.7 Å². The van der Waals surface area contributed by atoms with Crippen LogP contribution in [0.2, 0.25) is 0 Å². The Kier molecular flexibility index (Phi) is 4.61. The Morgan fingerprint density at radius 3 is 2.14 bits per heavy atom. The van der Waals surface area contributed by atoms with Gasteiger partial charge in [0.1, 0.15) is 5.75 Å². The van der Waals surface area contributed by atoms with E-state index in [0.29, 0.717) is 22.6 Å². The standard InChI is InChI=1S/C18H19NO3/c1-11-9-16(17(22-4)10-12(11)2)18(21)19-15-7-5-14(6-8-15)13(3)20/h5-10H,1-4H3,(H,19,21). The molecule has 4 heteroatoms. The molecule has 0 aliphatic carbocycles. The molecule has 0 radical (unpaired) electrons. The largest absolute Gasteiger partial charge is 0.496 e. The molecule has 0 saturated heterocycles. The minimum absolute atomic E-state index is 0.00583. The van der Waals surface area contributed by atoms with E-state index >= 15 is 0 Å². The molecule has 0 aliphatic heterocycles. The molecule has 0 heterocycles. The number of ether oxygens (including phenoxy) is 1. The fourth-order valence-electron chi connectivity index (χ4n) is 2.12. The van der Waals surface area contributed by atoms with Crippen molar-refractivity contribution in [3.05, 3.63) is 58.7 Å². The number of anilines is 1. The molecule has 2 rings (SSSR count). The number of aryl methyl sites for hydroxylation is 2. The molecule has 0 unspecified atom stereocenters. The third kappa shape index (κ3) is 3.34. The second kappa shape index (κ2) is 6.43. The molecule has 1 amide bonds. The Morgan fingerprint density at radius 1 is 1.00 bits per heavy atom. The molecule has 2 aromatic rings. The van der Waals surface area contributed by atoms with Crippen molar-refractivity contribution in [3.63, 3.8) is 0 Å². The number of nitrogens with one attached hydrogen (secondary N) is 1. The summed E-state index contributed by atoms with van der Waals surface area (Å²) in [5.41, 5.74) is 3.83. The van der Waals surface area contributed by atoms with Crippen LogP contribution >= 0.6 is 0 Å². The summed E-state index contributed by atoms with van der Waals surface area (Å²) in [4.78, 5) is 23.7. The highest BCUT2D eigenvalue weighted by molar-refractivity contribution is 6.06. The van der Waals surface area contributed by atoms with Crippen LogP contribution in [0.4, 0.5) is 5.69 Å². The Balaban J connectivity index is 2.25. The molecule has 4 nitrogen and oxygen atoms in total. The van der Waals surface area contributed by atoms with Crippen LogP contribution in [0, 0.1) is 13.8 Å². The average Bonchev–Trinajstić information content (AvgIpc) is 2.50. The van der Waals surface area contributed by atoms with E-state index < -0.39 is 0 Å². The van der Waals surface area contributed by atoms with E-state index in [0.717, 1.165) is 11.1 Å². The molecule has 0 aromatic heterocycles. The monoisotopic (exact) mass is 297 g/mol. The highest BCUT2D eigenvalue weighted by Crippen LogP contribution is 2.24. The summed E-state index contributed by atoms with van der Waals surface area (Å²) in [6.07, 6.45) is 0. The van der Waals surface area contributed by atoms with Gasteiger partial charge in [-0.3, -0.25) is 9.59 Å². The molecule has 2 aromatic carbocycles. The molecular weight excluding hydrogens is 278 g/mol. The van der Waals surface area contributed by atoms with Crippen molar-refractivity contribution in [1.82, 2.24) is 0 Å². The van der Waals surface area contributed by atoms with Crippen LogP contribution in [-0.2, 0) is 0 Å². The van der Waals surface area contributed by atoms with Gasteiger partial charge in [0, 0.05) is 11.3 Å². The number of amides is 1. The number of rotatable bonds is 4. The molecule has 0 atom stereocenters. The van der Waals surface area contributed by atoms with Crippen molar-refractivity contribution in [2.24, 2.45) is 0 Å². The van der Waals surface area contributed by atoms with Crippen molar-refractivity contribution >= 4 is 17.4 Å². The SMILES string of the molecule is COc1cc(C)c(C)cc1C(=O)Nc1ccc(C(C)=O)cc1.